The molecule has 0 saturated carbocycles. The molecule has 0 aromatic carbocycles. The Bertz CT molecular complexity index is 815. The van der Waals surface area contributed by atoms with Gasteiger partial charge in [-0.15, -0.1) is 0 Å². The second kappa shape index (κ2) is 7.35. The highest BCUT2D eigenvalue weighted by Gasteiger charge is 2.23. The highest BCUT2D eigenvalue weighted by molar-refractivity contribution is 5.22. The molecule has 6 nitrogen and oxygen atoms in total. The van der Waals surface area contributed by atoms with Crippen molar-refractivity contribution in [1.29, 1.82) is 0 Å². The summed E-state index contributed by atoms with van der Waals surface area (Å²) >= 11 is 0. The van der Waals surface area contributed by atoms with Gasteiger partial charge < -0.3 is 4.42 Å². The van der Waals surface area contributed by atoms with E-state index in [0.29, 0.717) is 11.8 Å². The summed E-state index contributed by atoms with van der Waals surface area (Å²) in [6, 6.07) is 1.81. The van der Waals surface area contributed by atoms with E-state index in [9.17, 15) is 4.79 Å². The quantitative estimate of drug-likeness (QED) is 0.824. The Balaban J connectivity index is 1.34. The zero-order valence-corrected chi connectivity index (χ0v) is 15.8. The number of oxazole rings is 1. The largest absolute Gasteiger partial charge is 0.448 e. The molecule has 0 radical (unpaired) electrons. The van der Waals surface area contributed by atoms with Crippen molar-refractivity contribution in [2.75, 3.05) is 13.1 Å². The fourth-order valence-corrected chi connectivity index (χ4v) is 4.22. The number of rotatable bonds is 5. The van der Waals surface area contributed by atoms with Crippen LogP contribution >= 0.6 is 0 Å². The van der Waals surface area contributed by atoms with Crippen molar-refractivity contribution < 1.29 is 4.42 Å². The van der Waals surface area contributed by atoms with Crippen molar-refractivity contribution in [3.63, 3.8) is 0 Å². The normalized spacial score (nSPS) is 18.6. The van der Waals surface area contributed by atoms with Crippen LogP contribution in [0.5, 0.6) is 0 Å². The molecule has 0 unspecified atom stereocenters. The summed E-state index contributed by atoms with van der Waals surface area (Å²) in [6.07, 6.45) is 6.91. The molecule has 1 aliphatic heterocycles. The molecule has 26 heavy (non-hydrogen) atoms. The molecule has 0 amide bonds. The third kappa shape index (κ3) is 3.61. The predicted octanol–water partition coefficient (Wildman–Crippen LogP) is 2.76. The monoisotopic (exact) mass is 356 g/mol. The molecule has 140 valence electrons. The van der Waals surface area contributed by atoms with Crippen LogP contribution in [0.15, 0.2) is 21.7 Å². The molecule has 6 heteroatoms. The van der Waals surface area contributed by atoms with E-state index in [1.807, 2.05) is 6.07 Å². The van der Waals surface area contributed by atoms with E-state index in [0.717, 1.165) is 81.0 Å². The molecule has 0 spiro atoms. The average molecular weight is 356 g/mol. The second-order valence-corrected chi connectivity index (χ2v) is 8.03. The zero-order chi connectivity index (χ0) is 18.1. The van der Waals surface area contributed by atoms with E-state index in [4.69, 9.17) is 4.42 Å². The predicted molar refractivity (Wildman–Crippen MR) is 99.1 cm³/mol. The lowest BCUT2D eigenvalue weighted by molar-refractivity contribution is 0.161. The van der Waals surface area contributed by atoms with Gasteiger partial charge >= 0.3 is 0 Å². The highest BCUT2D eigenvalue weighted by Crippen LogP contribution is 2.24. The molecule has 4 rings (SSSR count). The van der Waals surface area contributed by atoms with Gasteiger partial charge in [0.1, 0.15) is 5.76 Å². The third-order valence-electron chi connectivity index (χ3n) is 5.73. The first kappa shape index (κ1) is 17.5. The Morgan fingerprint density at radius 1 is 1.27 bits per heavy atom. The number of hydrogen-bond donors (Lipinski definition) is 0. The summed E-state index contributed by atoms with van der Waals surface area (Å²) in [5.41, 5.74) is 3.43. The molecule has 3 heterocycles. The lowest BCUT2D eigenvalue weighted by atomic mass is 9.96. The molecular formula is C20H28N4O2. The van der Waals surface area contributed by atoms with E-state index in [-0.39, 0.29) is 5.56 Å². The fraction of sp³-hybridized carbons (Fsp3) is 0.650. The van der Waals surface area contributed by atoms with E-state index in [1.165, 1.54) is 0 Å². The topological polar surface area (TPSA) is 64.2 Å². The van der Waals surface area contributed by atoms with Gasteiger partial charge in [0.25, 0.3) is 5.56 Å². The van der Waals surface area contributed by atoms with Crippen molar-refractivity contribution in [3.05, 3.63) is 45.5 Å². The van der Waals surface area contributed by atoms with Crippen LogP contribution in [-0.2, 0) is 25.9 Å². The maximum absolute atomic E-state index is 12.3. The molecule has 0 N–H and O–H groups in total. The molecule has 0 atom stereocenters. The fourth-order valence-electron chi connectivity index (χ4n) is 4.22. The molecule has 1 saturated heterocycles. The van der Waals surface area contributed by atoms with Crippen LogP contribution in [-0.4, -0.2) is 32.8 Å². The Kier molecular flexibility index (Phi) is 4.94. The minimum atomic E-state index is 0.0669. The Morgan fingerprint density at radius 3 is 2.85 bits per heavy atom. The van der Waals surface area contributed by atoms with Crippen molar-refractivity contribution >= 4 is 0 Å². The highest BCUT2D eigenvalue weighted by atomic mass is 16.3. The Hall–Kier alpha value is -1.95. The van der Waals surface area contributed by atoms with Crippen molar-refractivity contribution in [2.24, 2.45) is 5.92 Å². The minimum absolute atomic E-state index is 0.0669. The van der Waals surface area contributed by atoms with Gasteiger partial charge in [-0.2, -0.15) is 5.10 Å². The van der Waals surface area contributed by atoms with E-state index < -0.39 is 0 Å². The summed E-state index contributed by atoms with van der Waals surface area (Å²) in [4.78, 5) is 19.1. The van der Waals surface area contributed by atoms with Gasteiger partial charge in [0.2, 0.25) is 0 Å². The smallest absolute Gasteiger partial charge is 0.267 e. The van der Waals surface area contributed by atoms with Crippen LogP contribution in [0, 0.1) is 5.92 Å². The maximum Gasteiger partial charge on any atom is 0.267 e. The van der Waals surface area contributed by atoms with Crippen LogP contribution < -0.4 is 5.56 Å². The number of likely N-dealkylation sites (tertiary alicyclic amines) is 1. The van der Waals surface area contributed by atoms with E-state index in [2.05, 4.69) is 28.8 Å². The van der Waals surface area contributed by atoms with Crippen LogP contribution in [0.4, 0.5) is 0 Å². The SMILES string of the molecule is CC(C)c1ocnc1CN1CCC(Cn2nc3c(cc2=O)CCC3)CC1. The van der Waals surface area contributed by atoms with Gasteiger partial charge in [0, 0.05) is 25.1 Å². The van der Waals surface area contributed by atoms with E-state index >= 15 is 0 Å². The van der Waals surface area contributed by atoms with E-state index in [1.54, 1.807) is 11.1 Å². The van der Waals surface area contributed by atoms with Crippen LogP contribution in [0.25, 0.3) is 0 Å². The number of nitrogens with zero attached hydrogens (tertiary/aromatic N) is 4. The maximum atomic E-state index is 12.3. The first-order chi connectivity index (χ1) is 12.6. The van der Waals surface area contributed by atoms with Crippen molar-refractivity contribution in [1.82, 2.24) is 19.7 Å². The van der Waals surface area contributed by atoms with Gasteiger partial charge in [0.15, 0.2) is 6.39 Å². The summed E-state index contributed by atoms with van der Waals surface area (Å²) < 4.78 is 7.24. The van der Waals surface area contributed by atoms with Gasteiger partial charge in [-0.1, -0.05) is 13.8 Å². The number of hydrogen-bond acceptors (Lipinski definition) is 5. The Morgan fingerprint density at radius 2 is 2.08 bits per heavy atom. The number of fused-ring (bicyclic) bond motifs is 1. The molecular weight excluding hydrogens is 328 g/mol. The van der Waals surface area contributed by atoms with Gasteiger partial charge in [0.05, 0.1) is 11.4 Å². The second-order valence-electron chi connectivity index (χ2n) is 8.03. The molecule has 2 aromatic rings. The first-order valence-corrected chi connectivity index (χ1v) is 9.84. The zero-order valence-electron chi connectivity index (χ0n) is 15.8. The van der Waals surface area contributed by atoms with Crippen molar-refractivity contribution in [2.45, 2.75) is 65.0 Å². The summed E-state index contributed by atoms with van der Waals surface area (Å²) in [6.45, 7) is 7.95. The first-order valence-electron chi connectivity index (χ1n) is 9.84. The van der Waals surface area contributed by atoms with Crippen LogP contribution in [0.3, 0.4) is 0 Å². The molecule has 2 aliphatic rings. The van der Waals surface area contributed by atoms with Crippen molar-refractivity contribution in [3.8, 4) is 0 Å². The summed E-state index contributed by atoms with van der Waals surface area (Å²) in [5.74, 6) is 1.89. The van der Waals surface area contributed by atoms with Crippen LogP contribution in [0.1, 0.15) is 61.7 Å². The van der Waals surface area contributed by atoms with Gasteiger partial charge in [-0.05, 0) is 56.7 Å². The lowest BCUT2D eigenvalue weighted by Crippen LogP contribution is -2.37. The standard InChI is InChI=1S/C20H28N4O2/c1-14(2)20-18(21-13-26-20)12-23-8-6-15(7-9-23)11-24-19(25)10-16-4-3-5-17(16)22-24/h10,13-15H,3-9,11-12H2,1-2H3. The van der Waals surface area contributed by atoms with Gasteiger partial charge in [-0.3, -0.25) is 9.69 Å². The Labute approximate surface area is 154 Å². The third-order valence-corrected chi connectivity index (χ3v) is 5.73. The number of aromatic nitrogens is 3. The molecule has 1 aliphatic carbocycles. The van der Waals surface area contributed by atoms with Crippen LogP contribution in [0.2, 0.25) is 0 Å². The molecule has 2 aromatic heterocycles. The minimum Gasteiger partial charge on any atom is -0.448 e. The van der Waals surface area contributed by atoms with Gasteiger partial charge in [-0.25, -0.2) is 9.67 Å². The number of piperidine rings is 1. The summed E-state index contributed by atoms with van der Waals surface area (Å²) in [7, 11) is 0. The average Bonchev–Trinajstić information content (AvgIpc) is 3.26. The molecule has 1 fully saturated rings. The molecule has 0 bridgehead atoms. The number of aryl methyl sites for hydroxylation is 2. The lowest BCUT2D eigenvalue weighted by Gasteiger charge is -2.31. The summed E-state index contributed by atoms with van der Waals surface area (Å²) in [5, 5.41) is 4.63.